The lowest BCUT2D eigenvalue weighted by Crippen LogP contribution is -2.50. The molecule has 9 nitrogen and oxygen atoms in total. The monoisotopic (exact) mass is 534 g/mol. The van der Waals surface area contributed by atoms with Crippen LogP contribution in [0.4, 0.5) is 11.5 Å². The highest BCUT2D eigenvalue weighted by atomic mass is 16.5. The minimum Gasteiger partial charge on any atom is -0.497 e. The standard InChI is InChI=1S/C30H38N4O5/c1-8-30(5,6)32-29(37)28(22-9-11-24(38-7)12-10-22)34(23-16-19(2)15-20(3)17-23)27(36)14-13-26(35)31-25-18-21(4)39-33-25/h9-12,15-18,28H,8,13-14H2,1-7H3,(H,32,37)(H,31,33,35)/t28-/m1/s1. The summed E-state index contributed by atoms with van der Waals surface area (Å²) in [5, 5.41) is 9.51. The van der Waals surface area contributed by atoms with Gasteiger partial charge in [0.15, 0.2) is 5.82 Å². The second kappa shape index (κ2) is 12.6. The fourth-order valence-electron chi connectivity index (χ4n) is 4.19. The first-order valence-corrected chi connectivity index (χ1v) is 13.0. The molecule has 0 fully saturated rings. The minimum absolute atomic E-state index is 0.0938. The van der Waals surface area contributed by atoms with Crippen molar-refractivity contribution in [3.63, 3.8) is 0 Å². The Hall–Kier alpha value is -4.14. The van der Waals surface area contributed by atoms with Crippen LogP contribution >= 0.6 is 0 Å². The zero-order valence-corrected chi connectivity index (χ0v) is 23.8. The predicted molar refractivity (Wildman–Crippen MR) is 151 cm³/mol. The maximum atomic E-state index is 13.9. The van der Waals surface area contributed by atoms with Gasteiger partial charge in [-0.2, -0.15) is 0 Å². The van der Waals surface area contributed by atoms with E-state index in [0.717, 1.165) is 11.1 Å². The van der Waals surface area contributed by atoms with Crippen LogP contribution in [0.25, 0.3) is 0 Å². The summed E-state index contributed by atoms with van der Waals surface area (Å²) in [4.78, 5) is 41.9. The molecule has 0 saturated heterocycles. The Morgan fingerprint density at radius 2 is 1.64 bits per heavy atom. The molecule has 208 valence electrons. The summed E-state index contributed by atoms with van der Waals surface area (Å²) in [6.07, 6.45) is 0.490. The lowest BCUT2D eigenvalue weighted by Gasteiger charge is -2.35. The maximum Gasteiger partial charge on any atom is 0.248 e. The first-order chi connectivity index (χ1) is 18.4. The van der Waals surface area contributed by atoms with Crippen molar-refractivity contribution in [2.24, 2.45) is 0 Å². The number of anilines is 2. The van der Waals surface area contributed by atoms with Crippen LogP contribution in [-0.2, 0) is 14.4 Å². The summed E-state index contributed by atoms with van der Waals surface area (Å²) in [6.45, 7) is 11.5. The molecule has 3 aromatic rings. The van der Waals surface area contributed by atoms with Crippen LogP contribution < -0.4 is 20.3 Å². The fourth-order valence-corrected chi connectivity index (χ4v) is 4.19. The quantitative estimate of drug-likeness (QED) is 0.340. The van der Waals surface area contributed by atoms with Crippen LogP contribution in [0.3, 0.4) is 0 Å². The van der Waals surface area contributed by atoms with E-state index in [9.17, 15) is 14.4 Å². The van der Waals surface area contributed by atoms with Crippen LogP contribution in [0.2, 0.25) is 0 Å². The minimum atomic E-state index is -0.975. The van der Waals surface area contributed by atoms with Crippen molar-refractivity contribution in [2.75, 3.05) is 17.3 Å². The number of ether oxygens (including phenoxy) is 1. The normalized spacial score (nSPS) is 12.0. The third-order valence-electron chi connectivity index (χ3n) is 6.50. The van der Waals surface area contributed by atoms with Gasteiger partial charge in [-0.15, -0.1) is 0 Å². The number of rotatable bonds is 11. The molecular weight excluding hydrogens is 496 g/mol. The van der Waals surface area contributed by atoms with E-state index in [1.807, 2.05) is 52.8 Å². The van der Waals surface area contributed by atoms with Crippen molar-refractivity contribution in [3.8, 4) is 5.75 Å². The van der Waals surface area contributed by atoms with Gasteiger partial charge in [0, 0.05) is 30.1 Å². The van der Waals surface area contributed by atoms with Gasteiger partial charge >= 0.3 is 0 Å². The van der Waals surface area contributed by atoms with E-state index < -0.39 is 11.6 Å². The topological polar surface area (TPSA) is 114 Å². The molecule has 39 heavy (non-hydrogen) atoms. The highest BCUT2D eigenvalue weighted by molar-refractivity contribution is 6.03. The molecule has 3 amide bonds. The first kappa shape index (κ1) is 29.4. The highest BCUT2D eigenvalue weighted by Gasteiger charge is 2.35. The van der Waals surface area contributed by atoms with Crippen molar-refractivity contribution >= 4 is 29.2 Å². The Morgan fingerprint density at radius 1 is 1.00 bits per heavy atom. The van der Waals surface area contributed by atoms with Crippen LogP contribution in [0.5, 0.6) is 5.75 Å². The molecule has 2 aromatic carbocycles. The Labute approximate surface area is 229 Å². The summed E-state index contributed by atoms with van der Waals surface area (Å²) in [6, 6.07) is 13.5. The number of aromatic nitrogens is 1. The third kappa shape index (κ3) is 7.92. The number of methoxy groups -OCH3 is 1. The molecule has 0 saturated carbocycles. The first-order valence-electron chi connectivity index (χ1n) is 13.0. The molecule has 3 rings (SSSR count). The SMILES string of the molecule is CCC(C)(C)NC(=O)[C@@H](c1ccc(OC)cc1)N(C(=O)CCC(=O)Nc1cc(C)on1)c1cc(C)cc(C)c1. The lowest BCUT2D eigenvalue weighted by molar-refractivity contribution is -0.128. The van der Waals surface area contributed by atoms with Crippen LogP contribution in [0.1, 0.15) is 68.5 Å². The largest absolute Gasteiger partial charge is 0.497 e. The number of nitrogens with zero attached hydrogens (tertiary/aromatic N) is 2. The molecule has 1 heterocycles. The molecule has 0 radical (unpaired) electrons. The van der Waals surface area contributed by atoms with Crippen molar-refractivity contribution < 1.29 is 23.6 Å². The lowest BCUT2D eigenvalue weighted by atomic mass is 9.97. The average Bonchev–Trinajstić information content (AvgIpc) is 3.29. The summed E-state index contributed by atoms with van der Waals surface area (Å²) < 4.78 is 10.3. The van der Waals surface area contributed by atoms with Gasteiger partial charge in [0.1, 0.15) is 17.6 Å². The van der Waals surface area contributed by atoms with Gasteiger partial charge in [-0.3, -0.25) is 19.3 Å². The smallest absolute Gasteiger partial charge is 0.248 e. The Balaban J connectivity index is 2.01. The van der Waals surface area contributed by atoms with E-state index in [4.69, 9.17) is 9.26 Å². The third-order valence-corrected chi connectivity index (χ3v) is 6.50. The number of benzene rings is 2. The average molecular weight is 535 g/mol. The van der Waals surface area contributed by atoms with Crippen molar-refractivity contribution in [1.82, 2.24) is 10.5 Å². The Kier molecular flexibility index (Phi) is 9.51. The predicted octanol–water partition coefficient (Wildman–Crippen LogP) is 5.41. The molecule has 1 aromatic heterocycles. The van der Waals surface area contributed by atoms with Crippen molar-refractivity contribution in [1.29, 1.82) is 0 Å². The molecule has 0 aliphatic heterocycles. The summed E-state index contributed by atoms with van der Waals surface area (Å²) >= 11 is 0. The summed E-state index contributed by atoms with van der Waals surface area (Å²) in [7, 11) is 1.57. The van der Waals surface area contributed by atoms with Gasteiger partial charge in [-0.1, -0.05) is 30.3 Å². The molecule has 0 unspecified atom stereocenters. The van der Waals surface area contributed by atoms with E-state index in [2.05, 4.69) is 15.8 Å². The van der Waals surface area contributed by atoms with Gasteiger partial charge < -0.3 is 19.9 Å². The van der Waals surface area contributed by atoms with E-state index in [0.29, 0.717) is 29.2 Å². The van der Waals surface area contributed by atoms with E-state index >= 15 is 0 Å². The molecule has 0 bridgehead atoms. The second-order valence-electron chi connectivity index (χ2n) is 10.4. The molecule has 0 aliphatic carbocycles. The van der Waals surface area contributed by atoms with Crippen LogP contribution in [0, 0.1) is 20.8 Å². The molecule has 2 N–H and O–H groups in total. The van der Waals surface area contributed by atoms with E-state index in [1.165, 1.54) is 4.90 Å². The number of aryl methyl sites for hydroxylation is 3. The van der Waals surface area contributed by atoms with E-state index in [-0.39, 0.29) is 36.4 Å². The number of carbonyl (C=O) groups excluding carboxylic acids is 3. The van der Waals surface area contributed by atoms with Crippen LogP contribution in [0.15, 0.2) is 53.1 Å². The van der Waals surface area contributed by atoms with Crippen molar-refractivity contribution in [2.45, 2.75) is 72.4 Å². The molecule has 0 aliphatic rings. The van der Waals surface area contributed by atoms with Gasteiger partial charge in [-0.25, -0.2) is 0 Å². The zero-order chi connectivity index (χ0) is 28.7. The van der Waals surface area contributed by atoms with Gasteiger partial charge in [0.2, 0.25) is 17.7 Å². The number of amides is 3. The summed E-state index contributed by atoms with van der Waals surface area (Å²) in [5.74, 6) is 0.420. The maximum absolute atomic E-state index is 13.9. The number of hydrogen-bond donors (Lipinski definition) is 2. The van der Waals surface area contributed by atoms with Crippen molar-refractivity contribution in [3.05, 3.63) is 71.0 Å². The number of nitrogens with one attached hydrogen (secondary N) is 2. The Morgan fingerprint density at radius 3 is 2.18 bits per heavy atom. The second-order valence-corrected chi connectivity index (χ2v) is 10.4. The van der Waals surface area contributed by atoms with E-state index in [1.54, 1.807) is 44.4 Å². The highest BCUT2D eigenvalue weighted by Crippen LogP contribution is 2.32. The molecule has 0 spiro atoms. The Bertz CT molecular complexity index is 1290. The van der Waals surface area contributed by atoms with Gasteiger partial charge in [0.25, 0.3) is 0 Å². The fraction of sp³-hybridized carbons (Fsp3) is 0.400. The number of carbonyl (C=O) groups is 3. The summed E-state index contributed by atoms with van der Waals surface area (Å²) in [5.41, 5.74) is 2.61. The van der Waals surface area contributed by atoms with Crippen LogP contribution in [-0.4, -0.2) is 35.5 Å². The zero-order valence-electron chi connectivity index (χ0n) is 23.8. The van der Waals surface area contributed by atoms with Gasteiger partial charge in [0.05, 0.1) is 7.11 Å². The molecular formula is C30H38N4O5. The molecule has 9 heteroatoms. The van der Waals surface area contributed by atoms with Gasteiger partial charge in [-0.05, 0) is 82.0 Å². The number of hydrogen-bond acceptors (Lipinski definition) is 6. The molecule has 1 atom stereocenters.